The molecule has 0 aliphatic carbocycles. The van der Waals surface area contributed by atoms with Gasteiger partial charge in [-0.15, -0.1) is 0 Å². The third-order valence-corrected chi connectivity index (χ3v) is 1.41. The van der Waals surface area contributed by atoms with Crippen LogP contribution in [0.4, 0.5) is 4.79 Å². The van der Waals surface area contributed by atoms with Crippen molar-refractivity contribution in [2.45, 2.75) is 39.8 Å². The van der Waals surface area contributed by atoms with Crippen LogP contribution in [0.5, 0.6) is 0 Å². The Kier molecular flexibility index (Phi) is 5.11. The topological polar surface area (TPSA) is 55.4 Å². The minimum Gasteiger partial charge on any atom is -0.447 e. The molecular weight excluding hydrogens is 170 g/mol. The Morgan fingerprint density at radius 1 is 1.31 bits per heavy atom. The highest BCUT2D eigenvalue weighted by Gasteiger charge is 2.17. The van der Waals surface area contributed by atoms with Crippen LogP contribution in [0.25, 0.3) is 0 Å². The lowest BCUT2D eigenvalue weighted by Crippen LogP contribution is -2.40. The number of carbonyl (C=O) groups excluding carboxylic acids is 2. The maximum Gasteiger partial charge on any atom is 0.407 e. The van der Waals surface area contributed by atoms with Crippen LogP contribution in [-0.4, -0.2) is 24.5 Å². The highest BCUT2D eigenvalue weighted by atomic mass is 16.6. The first-order chi connectivity index (χ1) is 5.97. The number of alkyl carbamates (subject to hydrolysis) is 1. The number of hydrogen-bond acceptors (Lipinski definition) is 3. The Morgan fingerprint density at radius 3 is 2.15 bits per heavy atom. The maximum atomic E-state index is 11.0. The lowest BCUT2D eigenvalue weighted by Gasteiger charge is -2.16. The molecule has 0 saturated heterocycles. The SMILES string of the molecule is CC(C)OC(=O)NC([C]=O)C(C)C. The zero-order chi connectivity index (χ0) is 10.4. The highest BCUT2D eigenvalue weighted by Crippen LogP contribution is 1.99. The van der Waals surface area contributed by atoms with Gasteiger partial charge in [-0.3, -0.25) is 4.79 Å². The molecule has 0 rings (SSSR count). The third-order valence-electron chi connectivity index (χ3n) is 1.41. The molecule has 0 fully saturated rings. The van der Waals surface area contributed by atoms with Crippen LogP contribution in [0.15, 0.2) is 0 Å². The van der Waals surface area contributed by atoms with Crippen LogP contribution in [-0.2, 0) is 9.53 Å². The minimum atomic E-state index is -0.591. The van der Waals surface area contributed by atoms with Gasteiger partial charge in [-0.1, -0.05) is 13.8 Å². The van der Waals surface area contributed by atoms with Crippen LogP contribution in [0.2, 0.25) is 0 Å². The van der Waals surface area contributed by atoms with Crippen molar-refractivity contribution >= 4 is 12.4 Å². The second-order valence-corrected chi connectivity index (χ2v) is 3.44. The molecule has 1 radical (unpaired) electrons. The number of rotatable bonds is 4. The molecule has 1 atom stereocenters. The standard InChI is InChI=1S/C9H16NO3/c1-6(2)8(5-11)10-9(12)13-7(3)4/h6-8H,1-4H3,(H,10,12). The average molecular weight is 186 g/mol. The molecule has 0 aromatic carbocycles. The van der Waals surface area contributed by atoms with E-state index >= 15 is 0 Å². The van der Waals surface area contributed by atoms with E-state index in [0.29, 0.717) is 0 Å². The van der Waals surface area contributed by atoms with Gasteiger partial charge in [0.05, 0.1) is 6.10 Å². The van der Waals surface area contributed by atoms with E-state index < -0.39 is 12.1 Å². The van der Waals surface area contributed by atoms with E-state index in [-0.39, 0.29) is 12.0 Å². The smallest absolute Gasteiger partial charge is 0.407 e. The van der Waals surface area contributed by atoms with E-state index in [9.17, 15) is 9.59 Å². The monoisotopic (exact) mass is 186 g/mol. The van der Waals surface area contributed by atoms with E-state index in [1.165, 1.54) is 0 Å². The van der Waals surface area contributed by atoms with Crippen LogP contribution in [0.1, 0.15) is 27.7 Å². The van der Waals surface area contributed by atoms with E-state index in [0.717, 1.165) is 0 Å². The molecule has 13 heavy (non-hydrogen) atoms. The molecule has 0 saturated carbocycles. The van der Waals surface area contributed by atoms with Gasteiger partial charge in [0, 0.05) is 0 Å². The molecule has 0 aromatic heterocycles. The first-order valence-electron chi connectivity index (χ1n) is 4.32. The van der Waals surface area contributed by atoms with Gasteiger partial charge in [-0.25, -0.2) is 4.79 Å². The molecule has 0 aliphatic rings. The van der Waals surface area contributed by atoms with E-state index in [4.69, 9.17) is 4.74 Å². The van der Waals surface area contributed by atoms with Gasteiger partial charge in [0.1, 0.15) is 6.04 Å². The Morgan fingerprint density at radius 2 is 1.85 bits per heavy atom. The largest absolute Gasteiger partial charge is 0.447 e. The van der Waals surface area contributed by atoms with Crippen molar-refractivity contribution in [3.63, 3.8) is 0 Å². The zero-order valence-electron chi connectivity index (χ0n) is 8.46. The molecule has 1 unspecified atom stereocenters. The Hall–Kier alpha value is -1.06. The lowest BCUT2D eigenvalue weighted by molar-refractivity contribution is 0.112. The number of amides is 1. The number of carbonyl (C=O) groups is 1. The normalized spacial score (nSPS) is 12.8. The number of ether oxygens (including phenoxy) is 1. The van der Waals surface area contributed by atoms with Gasteiger partial charge in [0.15, 0.2) is 0 Å². The maximum absolute atomic E-state index is 11.0. The summed E-state index contributed by atoms with van der Waals surface area (Å²) in [4.78, 5) is 21.4. The van der Waals surface area contributed by atoms with Crippen LogP contribution in [0.3, 0.4) is 0 Å². The van der Waals surface area contributed by atoms with Gasteiger partial charge in [-0.2, -0.15) is 0 Å². The van der Waals surface area contributed by atoms with Crippen molar-refractivity contribution in [3.05, 3.63) is 0 Å². The molecule has 0 spiro atoms. The number of nitrogens with one attached hydrogen (secondary N) is 1. The average Bonchev–Trinajstić information content (AvgIpc) is 1.98. The predicted octanol–water partition coefficient (Wildman–Crippen LogP) is 1.26. The molecule has 4 heteroatoms. The highest BCUT2D eigenvalue weighted by molar-refractivity contribution is 5.73. The molecule has 0 aliphatic heterocycles. The first-order valence-corrected chi connectivity index (χ1v) is 4.32. The molecule has 4 nitrogen and oxygen atoms in total. The summed E-state index contributed by atoms with van der Waals surface area (Å²) in [5.74, 6) is 0.0252. The van der Waals surface area contributed by atoms with E-state index in [1.807, 2.05) is 13.8 Å². The Balaban J connectivity index is 3.94. The predicted molar refractivity (Wildman–Crippen MR) is 49.1 cm³/mol. The van der Waals surface area contributed by atoms with Crippen LogP contribution >= 0.6 is 0 Å². The molecule has 0 aromatic rings. The third kappa shape index (κ3) is 5.22. The summed E-state index contributed by atoms with van der Waals surface area (Å²) in [6, 6.07) is -0.591. The van der Waals surface area contributed by atoms with Crippen molar-refractivity contribution in [3.8, 4) is 0 Å². The first kappa shape index (κ1) is 11.9. The fourth-order valence-corrected chi connectivity index (χ4v) is 0.707. The molecule has 1 amide bonds. The summed E-state index contributed by atoms with van der Waals surface area (Å²) in [7, 11) is 0. The van der Waals surface area contributed by atoms with Crippen molar-refractivity contribution in [2.24, 2.45) is 5.92 Å². The van der Waals surface area contributed by atoms with Gasteiger partial charge in [0.25, 0.3) is 0 Å². The zero-order valence-corrected chi connectivity index (χ0v) is 8.46. The van der Waals surface area contributed by atoms with Crippen molar-refractivity contribution < 1.29 is 14.3 Å². The summed E-state index contributed by atoms with van der Waals surface area (Å²) >= 11 is 0. The minimum absolute atomic E-state index is 0.0252. The molecular formula is C9H16NO3. The van der Waals surface area contributed by atoms with Crippen LogP contribution < -0.4 is 5.32 Å². The fraction of sp³-hybridized carbons (Fsp3) is 0.778. The summed E-state index contributed by atoms with van der Waals surface area (Å²) < 4.78 is 4.80. The molecule has 0 bridgehead atoms. The Bertz CT molecular complexity index is 178. The molecule has 75 valence electrons. The van der Waals surface area contributed by atoms with Crippen molar-refractivity contribution in [1.29, 1.82) is 0 Å². The van der Waals surface area contributed by atoms with Gasteiger partial charge < -0.3 is 10.1 Å². The molecule has 0 heterocycles. The van der Waals surface area contributed by atoms with Crippen molar-refractivity contribution in [2.75, 3.05) is 0 Å². The summed E-state index contributed by atoms with van der Waals surface area (Å²) in [5, 5.41) is 2.41. The van der Waals surface area contributed by atoms with Gasteiger partial charge in [-0.05, 0) is 19.8 Å². The second kappa shape index (κ2) is 5.56. The molecule has 1 N–H and O–H groups in total. The van der Waals surface area contributed by atoms with E-state index in [1.54, 1.807) is 20.1 Å². The van der Waals surface area contributed by atoms with E-state index in [2.05, 4.69) is 5.32 Å². The van der Waals surface area contributed by atoms with Crippen molar-refractivity contribution in [1.82, 2.24) is 5.32 Å². The fourth-order valence-electron chi connectivity index (χ4n) is 0.707. The van der Waals surface area contributed by atoms with Gasteiger partial charge >= 0.3 is 6.09 Å². The summed E-state index contributed by atoms with van der Waals surface area (Å²) in [6.07, 6.45) is 0.990. The van der Waals surface area contributed by atoms with Crippen LogP contribution in [0, 0.1) is 5.92 Å². The summed E-state index contributed by atoms with van der Waals surface area (Å²) in [6.45, 7) is 7.14. The second-order valence-electron chi connectivity index (χ2n) is 3.44. The number of hydrogen-bond donors (Lipinski definition) is 1. The quantitative estimate of drug-likeness (QED) is 0.719. The summed E-state index contributed by atoms with van der Waals surface area (Å²) in [5.41, 5.74) is 0. The lowest BCUT2D eigenvalue weighted by atomic mass is 10.1. The Labute approximate surface area is 78.6 Å². The van der Waals surface area contributed by atoms with Gasteiger partial charge in [0.2, 0.25) is 6.29 Å².